The van der Waals surface area contributed by atoms with Gasteiger partial charge in [-0.2, -0.15) is 5.10 Å². The number of amidine groups is 1. The fraction of sp³-hybridized carbons (Fsp3) is 0.577. The van der Waals surface area contributed by atoms with Gasteiger partial charge in [-0.1, -0.05) is 47.1 Å². The van der Waals surface area contributed by atoms with Gasteiger partial charge in [0.2, 0.25) is 0 Å². The third kappa shape index (κ3) is 8.26. The predicted molar refractivity (Wildman–Crippen MR) is 143 cm³/mol. The molecule has 1 aliphatic carbocycles. The average Bonchev–Trinajstić information content (AvgIpc) is 3.58. The van der Waals surface area contributed by atoms with Gasteiger partial charge in [0, 0.05) is 12.3 Å². The van der Waals surface area contributed by atoms with Gasteiger partial charge in [-0.15, -0.1) is 0 Å². The van der Waals surface area contributed by atoms with E-state index in [4.69, 9.17) is 5.73 Å². The number of amides is 1. The Bertz CT molecular complexity index is 1050. The molecule has 2 rings (SSSR count). The Balaban J connectivity index is 0.00000194. The molecule has 1 amide bonds. The van der Waals surface area contributed by atoms with Crippen molar-refractivity contribution in [3.8, 4) is 0 Å². The molecular weight excluding hydrogens is 447 g/mol. The molecule has 0 saturated heterocycles. The van der Waals surface area contributed by atoms with E-state index < -0.39 is 22.8 Å². The van der Waals surface area contributed by atoms with Crippen LogP contribution in [0.25, 0.3) is 0 Å². The number of nitrogens with one attached hydrogen (secondary N) is 1. The van der Waals surface area contributed by atoms with Gasteiger partial charge in [0.1, 0.15) is 17.2 Å². The second-order valence-electron chi connectivity index (χ2n) is 9.19. The number of carbonyl (C=O) groups is 1. The zero-order valence-electron chi connectivity index (χ0n) is 22.4. The summed E-state index contributed by atoms with van der Waals surface area (Å²) in [6, 6.07) is -0.0180. The minimum atomic E-state index is -1.13. The van der Waals surface area contributed by atoms with Crippen LogP contribution in [0.2, 0.25) is 0 Å². The molecule has 1 aromatic rings. The standard InChI is InChI=1S/C23H33FN6O2.C3H8/c1-7-8-9-17(24)12-27-16(6)28-22(32)23(10-11-23)30-21(31)18(13-26-15(4)5)19(25)20(29-30)14(2)3;1-3-2/h8-9,12-15H,7,10-11,25H2,1-6H3,(H,27,28,32);3H2,1-2H3/b9-8+,17-12+,26-13?;. The molecule has 0 radical (unpaired) electrons. The van der Waals surface area contributed by atoms with Crippen molar-refractivity contribution in [2.24, 2.45) is 9.98 Å². The number of nitrogen functional groups attached to an aromatic ring is 1. The number of aromatic nitrogens is 2. The molecule has 194 valence electrons. The second kappa shape index (κ2) is 13.7. The first-order valence-corrected chi connectivity index (χ1v) is 12.3. The molecular formula is C26H41FN6O2. The Labute approximate surface area is 208 Å². The minimum Gasteiger partial charge on any atom is -0.396 e. The van der Waals surface area contributed by atoms with Crippen LogP contribution in [0, 0.1) is 0 Å². The van der Waals surface area contributed by atoms with Crippen LogP contribution in [0.15, 0.2) is 39.0 Å². The second-order valence-corrected chi connectivity index (χ2v) is 9.19. The van der Waals surface area contributed by atoms with E-state index in [9.17, 15) is 14.0 Å². The number of rotatable bonds is 8. The van der Waals surface area contributed by atoms with Crippen molar-refractivity contribution in [3.05, 3.63) is 45.8 Å². The molecule has 3 N–H and O–H groups in total. The van der Waals surface area contributed by atoms with E-state index in [1.807, 2.05) is 34.6 Å². The average molecular weight is 489 g/mol. The number of halogens is 1. The van der Waals surface area contributed by atoms with Crippen molar-refractivity contribution in [1.82, 2.24) is 15.1 Å². The Kier molecular flexibility index (Phi) is 11.7. The fourth-order valence-corrected chi connectivity index (χ4v) is 3.04. The summed E-state index contributed by atoms with van der Waals surface area (Å²) in [6.07, 6.45) is 8.33. The van der Waals surface area contributed by atoms with Gasteiger partial charge < -0.3 is 11.1 Å². The maximum absolute atomic E-state index is 13.7. The van der Waals surface area contributed by atoms with Crippen LogP contribution in [0.4, 0.5) is 10.1 Å². The maximum atomic E-state index is 13.7. The number of nitrogens with two attached hydrogens (primary N) is 1. The fourth-order valence-electron chi connectivity index (χ4n) is 3.04. The highest BCUT2D eigenvalue weighted by molar-refractivity contribution is 6.02. The van der Waals surface area contributed by atoms with Gasteiger partial charge in [-0.25, -0.2) is 14.1 Å². The molecule has 8 nitrogen and oxygen atoms in total. The summed E-state index contributed by atoms with van der Waals surface area (Å²) in [6.45, 7) is 15.3. The number of aliphatic imine (C=N–C) groups is 2. The highest BCUT2D eigenvalue weighted by Gasteiger charge is 2.54. The largest absolute Gasteiger partial charge is 0.396 e. The number of anilines is 1. The Morgan fingerprint density at radius 3 is 2.34 bits per heavy atom. The predicted octanol–water partition coefficient (Wildman–Crippen LogP) is 4.99. The van der Waals surface area contributed by atoms with E-state index in [1.54, 1.807) is 13.0 Å². The SMILES string of the molecule is CC/C=C/C(F)=C\N=C(C)NC(=O)C1(n2nc(C(C)C)c(N)c(C=NC(C)C)c2=O)CC1.CCC. The molecule has 0 spiro atoms. The van der Waals surface area contributed by atoms with Crippen LogP contribution in [-0.2, 0) is 10.3 Å². The highest BCUT2D eigenvalue weighted by atomic mass is 19.1. The molecule has 1 fully saturated rings. The van der Waals surface area contributed by atoms with Crippen LogP contribution in [0.3, 0.4) is 0 Å². The van der Waals surface area contributed by atoms with Crippen molar-refractivity contribution in [3.63, 3.8) is 0 Å². The van der Waals surface area contributed by atoms with Gasteiger partial charge in [-0.05, 0) is 52.0 Å². The molecule has 0 aliphatic heterocycles. The lowest BCUT2D eigenvalue weighted by Crippen LogP contribution is -2.47. The number of hydrogen-bond acceptors (Lipinski definition) is 6. The monoisotopic (exact) mass is 488 g/mol. The first-order chi connectivity index (χ1) is 16.4. The van der Waals surface area contributed by atoms with E-state index >= 15 is 0 Å². The van der Waals surface area contributed by atoms with Crippen LogP contribution < -0.4 is 16.6 Å². The molecule has 35 heavy (non-hydrogen) atoms. The van der Waals surface area contributed by atoms with Crippen LogP contribution in [0.5, 0.6) is 0 Å². The Morgan fingerprint density at radius 2 is 1.86 bits per heavy atom. The lowest BCUT2D eigenvalue weighted by Gasteiger charge is -2.21. The van der Waals surface area contributed by atoms with Crippen LogP contribution >= 0.6 is 0 Å². The van der Waals surface area contributed by atoms with E-state index in [0.29, 0.717) is 25.0 Å². The van der Waals surface area contributed by atoms with Crippen molar-refractivity contribution >= 4 is 23.6 Å². The summed E-state index contributed by atoms with van der Waals surface area (Å²) in [7, 11) is 0. The molecule has 1 aliphatic rings. The van der Waals surface area contributed by atoms with Crippen LogP contribution in [-0.4, -0.2) is 33.8 Å². The third-order valence-corrected chi connectivity index (χ3v) is 4.99. The summed E-state index contributed by atoms with van der Waals surface area (Å²) >= 11 is 0. The van der Waals surface area contributed by atoms with Crippen molar-refractivity contribution in [1.29, 1.82) is 0 Å². The van der Waals surface area contributed by atoms with Gasteiger partial charge in [0.05, 0.1) is 23.1 Å². The molecule has 0 atom stereocenters. The van der Waals surface area contributed by atoms with Gasteiger partial charge in [0.25, 0.3) is 11.5 Å². The van der Waals surface area contributed by atoms with Gasteiger partial charge in [0.15, 0.2) is 0 Å². The van der Waals surface area contributed by atoms with E-state index in [0.717, 1.165) is 6.20 Å². The third-order valence-electron chi connectivity index (χ3n) is 4.99. The molecule has 0 unspecified atom stereocenters. The number of hydrogen-bond donors (Lipinski definition) is 2. The first kappa shape index (κ1) is 29.9. The summed E-state index contributed by atoms with van der Waals surface area (Å²) < 4.78 is 14.9. The molecule has 0 bridgehead atoms. The molecule has 1 saturated carbocycles. The normalized spacial score (nSPS) is 15.6. The van der Waals surface area contributed by atoms with E-state index in [-0.39, 0.29) is 29.0 Å². The molecule has 1 heterocycles. The summed E-state index contributed by atoms with van der Waals surface area (Å²) in [5.41, 5.74) is 5.68. The summed E-state index contributed by atoms with van der Waals surface area (Å²) in [5.74, 6) is -0.777. The topological polar surface area (TPSA) is 115 Å². The first-order valence-electron chi connectivity index (χ1n) is 12.3. The summed E-state index contributed by atoms with van der Waals surface area (Å²) in [5, 5.41) is 7.13. The number of carbonyl (C=O) groups excluding carboxylic acids is 1. The minimum absolute atomic E-state index is 0.0180. The van der Waals surface area contributed by atoms with Crippen LogP contribution in [0.1, 0.15) is 98.2 Å². The van der Waals surface area contributed by atoms with Crippen molar-refractivity contribution in [2.45, 2.75) is 98.6 Å². The zero-order chi connectivity index (χ0) is 26.8. The van der Waals surface area contributed by atoms with Gasteiger partial charge >= 0.3 is 0 Å². The lowest BCUT2D eigenvalue weighted by atomic mass is 10.1. The summed E-state index contributed by atoms with van der Waals surface area (Å²) in [4.78, 5) is 34.5. The number of allylic oxidation sites excluding steroid dienone is 3. The lowest BCUT2D eigenvalue weighted by molar-refractivity contribution is -0.124. The van der Waals surface area contributed by atoms with E-state index in [2.05, 4.69) is 34.2 Å². The van der Waals surface area contributed by atoms with Gasteiger partial charge in [-0.3, -0.25) is 14.6 Å². The molecule has 9 heteroatoms. The molecule has 1 aromatic heterocycles. The smallest absolute Gasteiger partial charge is 0.278 e. The van der Waals surface area contributed by atoms with E-state index in [1.165, 1.54) is 23.4 Å². The molecule has 0 aromatic carbocycles. The quantitative estimate of drug-likeness (QED) is 0.305. The maximum Gasteiger partial charge on any atom is 0.278 e. The Morgan fingerprint density at radius 1 is 1.26 bits per heavy atom. The number of nitrogens with zero attached hydrogens (tertiary/aromatic N) is 4. The zero-order valence-corrected chi connectivity index (χ0v) is 22.4. The van der Waals surface area contributed by atoms with Crippen molar-refractivity contribution in [2.75, 3.05) is 5.73 Å². The highest BCUT2D eigenvalue weighted by Crippen LogP contribution is 2.42. The Hall–Kier alpha value is -3.10. The van der Waals surface area contributed by atoms with Crippen molar-refractivity contribution < 1.29 is 9.18 Å².